The molecule has 2 saturated heterocycles. The SMILES string of the molecule is CC(CC(=O)N1CCC(C)(CCc2ccccc2)C1)C1CCNCC1.Cl. The number of halogens is 1. The highest BCUT2D eigenvalue weighted by atomic mass is 35.5. The van der Waals surface area contributed by atoms with Crippen molar-refractivity contribution in [1.29, 1.82) is 0 Å². The smallest absolute Gasteiger partial charge is 0.222 e. The van der Waals surface area contributed by atoms with Crippen molar-refractivity contribution in [2.75, 3.05) is 26.2 Å². The molecule has 0 aliphatic carbocycles. The molecule has 2 aliphatic rings. The Morgan fingerprint density at radius 3 is 2.65 bits per heavy atom. The lowest BCUT2D eigenvalue weighted by atomic mass is 9.83. The summed E-state index contributed by atoms with van der Waals surface area (Å²) in [6.07, 6.45) is 6.62. The van der Waals surface area contributed by atoms with Crippen LogP contribution in [-0.2, 0) is 11.2 Å². The first-order valence-electron chi connectivity index (χ1n) is 10.1. The third-order valence-corrected chi connectivity index (χ3v) is 6.46. The van der Waals surface area contributed by atoms with Gasteiger partial charge in [-0.3, -0.25) is 4.79 Å². The maximum atomic E-state index is 12.8. The van der Waals surface area contributed by atoms with Crippen LogP contribution >= 0.6 is 12.4 Å². The molecule has 3 rings (SSSR count). The second-order valence-electron chi connectivity index (χ2n) is 8.63. The van der Waals surface area contributed by atoms with Crippen molar-refractivity contribution in [2.24, 2.45) is 17.3 Å². The molecule has 0 aromatic heterocycles. The lowest BCUT2D eigenvalue weighted by molar-refractivity contribution is -0.131. The van der Waals surface area contributed by atoms with Crippen LogP contribution in [0.2, 0.25) is 0 Å². The van der Waals surface area contributed by atoms with E-state index in [9.17, 15) is 4.79 Å². The summed E-state index contributed by atoms with van der Waals surface area (Å²) in [5.41, 5.74) is 1.69. The molecule has 1 aromatic carbocycles. The largest absolute Gasteiger partial charge is 0.342 e. The minimum absolute atomic E-state index is 0. The number of nitrogens with zero attached hydrogens (tertiary/aromatic N) is 1. The Bertz CT molecular complexity index is 559. The van der Waals surface area contributed by atoms with Gasteiger partial charge in [0.2, 0.25) is 5.91 Å². The van der Waals surface area contributed by atoms with Crippen molar-refractivity contribution in [3.63, 3.8) is 0 Å². The molecule has 0 radical (unpaired) electrons. The molecule has 0 bridgehead atoms. The summed E-state index contributed by atoms with van der Waals surface area (Å²) in [5, 5.41) is 3.42. The highest BCUT2D eigenvalue weighted by Crippen LogP contribution is 2.35. The quantitative estimate of drug-likeness (QED) is 0.800. The predicted molar refractivity (Wildman–Crippen MR) is 111 cm³/mol. The number of carbonyl (C=O) groups is 1. The van der Waals surface area contributed by atoms with E-state index < -0.39 is 0 Å². The summed E-state index contributed by atoms with van der Waals surface area (Å²) in [6, 6.07) is 10.7. The van der Waals surface area contributed by atoms with Crippen molar-refractivity contribution >= 4 is 18.3 Å². The van der Waals surface area contributed by atoms with E-state index in [4.69, 9.17) is 0 Å². The molecular weight excluding hydrogens is 344 g/mol. The molecule has 26 heavy (non-hydrogen) atoms. The predicted octanol–water partition coefficient (Wildman–Crippen LogP) is 4.31. The number of nitrogens with one attached hydrogen (secondary N) is 1. The second kappa shape index (κ2) is 9.75. The molecule has 2 unspecified atom stereocenters. The molecule has 0 spiro atoms. The summed E-state index contributed by atoms with van der Waals surface area (Å²) < 4.78 is 0. The first-order chi connectivity index (χ1) is 12.1. The molecule has 2 fully saturated rings. The van der Waals surface area contributed by atoms with E-state index in [1.165, 1.54) is 24.8 Å². The fourth-order valence-electron chi connectivity index (χ4n) is 4.52. The normalized spacial score (nSPS) is 24.9. The van der Waals surface area contributed by atoms with Gasteiger partial charge in [0.25, 0.3) is 0 Å². The summed E-state index contributed by atoms with van der Waals surface area (Å²) in [5.74, 6) is 1.62. The van der Waals surface area contributed by atoms with Crippen LogP contribution in [0.3, 0.4) is 0 Å². The standard InChI is InChI=1S/C22H34N2O.ClH/c1-18(20-9-13-23-14-10-20)16-21(25)24-15-12-22(2,17-24)11-8-19-6-4-3-5-7-19;/h3-7,18,20,23H,8-17H2,1-2H3;1H. The van der Waals surface area contributed by atoms with Gasteiger partial charge in [0.05, 0.1) is 0 Å². The summed E-state index contributed by atoms with van der Waals surface area (Å²) >= 11 is 0. The first kappa shape index (κ1) is 21.2. The zero-order valence-electron chi connectivity index (χ0n) is 16.4. The van der Waals surface area contributed by atoms with Gasteiger partial charge >= 0.3 is 0 Å². The van der Waals surface area contributed by atoms with Crippen molar-refractivity contribution < 1.29 is 4.79 Å². The second-order valence-corrected chi connectivity index (χ2v) is 8.63. The van der Waals surface area contributed by atoms with Gasteiger partial charge in [0.15, 0.2) is 0 Å². The van der Waals surface area contributed by atoms with E-state index in [1.807, 2.05) is 0 Å². The van der Waals surface area contributed by atoms with Crippen molar-refractivity contribution in [2.45, 2.75) is 52.4 Å². The van der Waals surface area contributed by atoms with Crippen LogP contribution in [-0.4, -0.2) is 37.0 Å². The van der Waals surface area contributed by atoms with Crippen molar-refractivity contribution in [3.8, 4) is 0 Å². The number of aryl methyl sites for hydroxylation is 1. The lowest BCUT2D eigenvalue weighted by Gasteiger charge is -2.30. The van der Waals surface area contributed by atoms with Gasteiger partial charge in [-0.2, -0.15) is 0 Å². The van der Waals surface area contributed by atoms with E-state index in [0.29, 0.717) is 11.8 Å². The molecule has 1 N–H and O–H groups in total. The zero-order chi connectivity index (χ0) is 17.7. The average Bonchev–Trinajstić information content (AvgIpc) is 3.04. The molecular formula is C22H35ClN2O. The van der Waals surface area contributed by atoms with Crippen molar-refractivity contribution in [3.05, 3.63) is 35.9 Å². The van der Waals surface area contributed by atoms with Crippen LogP contribution in [0.15, 0.2) is 30.3 Å². The Morgan fingerprint density at radius 1 is 1.27 bits per heavy atom. The topological polar surface area (TPSA) is 32.3 Å². The number of hydrogen-bond acceptors (Lipinski definition) is 2. The molecule has 0 saturated carbocycles. The number of piperidine rings is 1. The minimum Gasteiger partial charge on any atom is -0.342 e. The van der Waals surface area contributed by atoms with Crippen LogP contribution < -0.4 is 5.32 Å². The molecule has 146 valence electrons. The summed E-state index contributed by atoms with van der Waals surface area (Å²) in [6.45, 7) is 8.76. The average molecular weight is 379 g/mol. The summed E-state index contributed by atoms with van der Waals surface area (Å²) in [4.78, 5) is 14.9. The van der Waals surface area contributed by atoms with Crippen LogP contribution in [0.5, 0.6) is 0 Å². The first-order valence-corrected chi connectivity index (χ1v) is 10.1. The van der Waals surface area contributed by atoms with Gasteiger partial charge in [0.1, 0.15) is 0 Å². The van der Waals surface area contributed by atoms with Crippen LogP contribution in [0, 0.1) is 17.3 Å². The van der Waals surface area contributed by atoms with Crippen molar-refractivity contribution in [1.82, 2.24) is 10.2 Å². The zero-order valence-corrected chi connectivity index (χ0v) is 17.2. The molecule has 2 heterocycles. The van der Waals surface area contributed by atoms with Crippen LogP contribution in [0.1, 0.15) is 51.5 Å². The lowest BCUT2D eigenvalue weighted by Crippen LogP contribution is -2.35. The Hall–Kier alpha value is -1.06. The van der Waals surface area contributed by atoms with E-state index in [2.05, 4.69) is 54.4 Å². The molecule has 1 amide bonds. The number of amides is 1. The monoisotopic (exact) mass is 378 g/mol. The fourth-order valence-corrected chi connectivity index (χ4v) is 4.52. The highest BCUT2D eigenvalue weighted by molar-refractivity contribution is 5.85. The molecule has 2 aliphatic heterocycles. The number of benzene rings is 1. The number of likely N-dealkylation sites (tertiary alicyclic amines) is 1. The van der Waals surface area contributed by atoms with Gasteiger partial charge in [0, 0.05) is 19.5 Å². The minimum atomic E-state index is 0. The molecule has 2 atom stereocenters. The fraction of sp³-hybridized carbons (Fsp3) is 0.682. The Labute approximate surface area is 165 Å². The third-order valence-electron chi connectivity index (χ3n) is 6.46. The Balaban J connectivity index is 0.00000243. The van der Waals surface area contributed by atoms with E-state index >= 15 is 0 Å². The van der Waals surface area contributed by atoms with Gasteiger partial charge in [-0.05, 0) is 68.0 Å². The third kappa shape index (κ3) is 5.72. The molecule has 3 nitrogen and oxygen atoms in total. The van der Waals surface area contributed by atoms with E-state index in [0.717, 1.165) is 51.4 Å². The Morgan fingerprint density at radius 2 is 1.96 bits per heavy atom. The van der Waals surface area contributed by atoms with E-state index in [1.54, 1.807) is 0 Å². The van der Waals surface area contributed by atoms with E-state index in [-0.39, 0.29) is 17.8 Å². The number of rotatable bonds is 6. The van der Waals surface area contributed by atoms with Crippen LogP contribution in [0.25, 0.3) is 0 Å². The highest BCUT2D eigenvalue weighted by Gasteiger charge is 2.36. The molecule has 1 aromatic rings. The Kier molecular flexibility index (Phi) is 7.97. The maximum absolute atomic E-state index is 12.8. The van der Waals surface area contributed by atoms with Crippen LogP contribution in [0.4, 0.5) is 0 Å². The number of hydrogen-bond donors (Lipinski definition) is 1. The number of carbonyl (C=O) groups excluding carboxylic acids is 1. The van der Waals surface area contributed by atoms with Gasteiger partial charge in [-0.25, -0.2) is 0 Å². The van der Waals surface area contributed by atoms with Gasteiger partial charge in [-0.1, -0.05) is 44.2 Å². The molecule has 4 heteroatoms. The van der Waals surface area contributed by atoms with Gasteiger partial charge in [-0.15, -0.1) is 12.4 Å². The maximum Gasteiger partial charge on any atom is 0.222 e. The van der Waals surface area contributed by atoms with Gasteiger partial charge < -0.3 is 10.2 Å². The summed E-state index contributed by atoms with van der Waals surface area (Å²) in [7, 11) is 0.